The number of methoxy groups -OCH3 is 1. The van der Waals surface area contributed by atoms with Crippen LogP contribution in [0, 0.1) is 0 Å². The molecule has 1 atom stereocenters. The summed E-state index contributed by atoms with van der Waals surface area (Å²) in [6, 6.07) is 7.46. The average Bonchev–Trinajstić information content (AvgIpc) is 3.63. The molecule has 0 saturated carbocycles. The van der Waals surface area contributed by atoms with Gasteiger partial charge in [-0.1, -0.05) is 13.0 Å². The second-order valence-electron chi connectivity index (χ2n) is 8.34. The highest BCUT2D eigenvalue weighted by Crippen LogP contribution is 2.33. The van der Waals surface area contributed by atoms with Gasteiger partial charge in [-0.15, -0.1) is 0 Å². The number of ether oxygens (including phenoxy) is 1. The molecule has 0 spiro atoms. The van der Waals surface area contributed by atoms with Crippen molar-refractivity contribution in [3.05, 3.63) is 65.8 Å². The number of furan rings is 1. The van der Waals surface area contributed by atoms with E-state index in [2.05, 4.69) is 25.8 Å². The smallest absolute Gasteiger partial charge is 0.322 e. The van der Waals surface area contributed by atoms with Gasteiger partial charge in [0.05, 0.1) is 19.0 Å². The maximum absolute atomic E-state index is 13.2. The molecular formula is C25H24N6O5. The molecule has 0 fully saturated rings. The standard InChI is InChI=1S/C25H24N6O5/c1-3-22(32)30-25(34)29-19(13-31-12-14-4-5-16(35-2)8-17(14)24(31)33)21-9-18-20(36-21)6-7-26-23(18)15-10-27-28-11-15/h4-11,19H,3,12-13H2,1-2H3,(H,27,28)(H2,29,30,32,34)/t19-/m0/s1. The predicted molar refractivity (Wildman–Crippen MR) is 129 cm³/mol. The highest BCUT2D eigenvalue weighted by Gasteiger charge is 2.32. The van der Waals surface area contributed by atoms with Gasteiger partial charge in [0.25, 0.3) is 5.91 Å². The van der Waals surface area contributed by atoms with Gasteiger partial charge >= 0.3 is 6.03 Å². The Morgan fingerprint density at radius 2 is 2.14 bits per heavy atom. The third kappa shape index (κ3) is 4.38. The molecule has 0 aliphatic carbocycles. The van der Waals surface area contributed by atoms with Gasteiger partial charge in [0.1, 0.15) is 23.1 Å². The van der Waals surface area contributed by atoms with Crippen LogP contribution in [0.5, 0.6) is 5.75 Å². The lowest BCUT2D eigenvalue weighted by Crippen LogP contribution is -2.44. The summed E-state index contributed by atoms with van der Waals surface area (Å²) in [5.74, 6) is 0.410. The van der Waals surface area contributed by atoms with E-state index in [0.717, 1.165) is 16.5 Å². The summed E-state index contributed by atoms with van der Waals surface area (Å²) >= 11 is 0. The Kier molecular flexibility index (Phi) is 6.11. The maximum atomic E-state index is 13.2. The Labute approximate surface area is 205 Å². The van der Waals surface area contributed by atoms with Gasteiger partial charge in [-0.3, -0.25) is 25.0 Å². The van der Waals surface area contributed by atoms with Gasteiger partial charge in [-0.05, 0) is 29.8 Å². The van der Waals surface area contributed by atoms with Gasteiger partial charge in [-0.25, -0.2) is 4.79 Å². The quantitative estimate of drug-likeness (QED) is 0.363. The summed E-state index contributed by atoms with van der Waals surface area (Å²) in [6.45, 7) is 2.14. The molecule has 4 amide bonds. The lowest BCUT2D eigenvalue weighted by molar-refractivity contribution is -0.119. The zero-order valence-corrected chi connectivity index (χ0v) is 19.7. The number of nitrogens with zero attached hydrogens (tertiary/aromatic N) is 3. The lowest BCUT2D eigenvalue weighted by atomic mass is 10.1. The number of rotatable bonds is 7. The molecular weight excluding hydrogens is 464 g/mol. The number of carbonyl (C=O) groups excluding carboxylic acids is 3. The Bertz CT molecular complexity index is 1440. The van der Waals surface area contributed by atoms with Crippen LogP contribution >= 0.6 is 0 Å². The number of carbonyl (C=O) groups is 3. The van der Waals surface area contributed by atoms with Crippen molar-refractivity contribution in [3.8, 4) is 17.0 Å². The SMILES string of the molecule is CCC(=O)NC(=O)N[C@@H](CN1Cc2ccc(OC)cc2C1=O)c1cc2c(-c3cn[nH]c3)nccc2o1. The van der Waals surface area contributed by atoms with Crippen molar-refractivity contribution < 1.29 is 23.5 Å². The van der Waals surface area contributed by atoms with Crippen LogP contribution in [0.2, 0.25) is 0 Å². The topological polar surface area (TPSA) is 142 Å². The van der Waals surface area contributed by atoms with E-state index in [0.29, 0.717) is 34.9 Å². The molecule has 0 radical (unpaired) electrons. The Balaban J connectivity index is 1.47. The first-order valence-electron chi connectivity index (χ1n) is 11.4. The minimum absolute atomic E-state index is 0.123. The van der Waals surface area contributed by atoms with E-state index in [1.165, 1.54) is 0 Å². The van der Waals surface area contributed by atoms with Gasteiger partial charge in [-0.2, -0.15) is 5.10 Å². The third-order valence-corrected chi connectivity index (χ3v) is 6.06. The fourth-order valence-corrected chi connectivity index (χ4v) is 4.22. The fourth-order valence-electron chi connectivity index (χ4n) is 4.22. The second kappa shape index (κ2) is 9.53. The molecule has 11 heteroatoms. The number of nitrogens with one attached hydrogen (secondary N) is 3. The number of imide groups is 1. The van der Waals surface area contributed by atoms with Gasteiger partial charge in [0.15, 0.2) is 0 Å². The number of aromatic amines is 1. The normalized spacial score (nSPS) is 13.5. The van der Waals surface area contributed by atoms with E-state index in [4.69, 9.17) is 9.15 Å². The van der Waals surface area contributed by atoms with Crippen molar-refractivity contribution in [2.45, 2.75) is 25.9 Å². The van der Waals surface area contributed by atoms with E-state index < -0.39 is 18.0 Å². The molecule has 4 aromatic rings. The molecule has 0 unspecified atom stereocenters. The van der Waals surface area contributed by atoms with Crippen molar-refractivity contribution in [1.29, 1.82) is 0 Å². The zero-order valence-electron chi connectivity index (χ0n) is 19.7. The molecule has 0 saturated heterocycles. The van der Waals surface area contributed by atoms with Gasteiger partial charge in [0.2, 0.25) is 5.91 Å². The first-order chi connectivity index (χ1) is 17.5. The van der Waals surface area contributed by atoms with Crippen LogP contribution in [0.1, 0.15) is 41.1 Å². The van der Waals surface area contributed by atoms with Crippen molar-refractivity contribution in [2.24, 2.45) is 0 Å². The van der Waals surface area contributed by atoms with Crippen LogP contribution in [0.15, 0.2) is 53.3 Å². The Hall–Kier alpha value is -4.67. The van der Waals surface area contributed by atoms with Crippen LogP contribution < -0.4 is 15.4 Å². The lowest BCUT2D eigenvalue weighted by Gasteiger charge is -2.23. The third-order valence-electron chi connectivity index (χ3n) is 6.06. The molecule has 3 aromatic heterocycles. The van der Waals surface area contributed by atoms with Crippen LogP contribution in [-0.4, -0.2) is 51.6 Å². The minimum atomic E-state index is -0.737. The van der Waals surface area contributed by atoms with Crippen molar-refractivity contribution in [3.63, 3.8) is 0 Å². The summed E-state index contributed by atoms with van der Waals surface area (Å²) in [4.78, 5) is 43.6. The molecule has 1 aromatic carbocycles. The second-order valence-corrected chi connectivity index (χ2v) is 8.34. The summed E-state index contributed by atoms with van der Waals surface area (Å²) in [5.41, 5.74) is 3.42. The van der Waals surface area contributed by atoms with E-state index in [9.17, 15) is 14.4 Å². The molecule has 36 heavy (non-hydrogen) atoms. The van der Waals surface area contributed by atoms with E-state index in [1.807, 2.05) is 6.07 Å². The van der Waals surface area contributed by atoms with Crippen molar-refractivity contribution in [1.82, 2.24) is 30.7 Å². The van der Waals surface area contributed by atoms with Crippen molar-refractivity contribution in [2.75, 3.05) is 13.7 Å². The maximum Gasteiger partial charge on any atom is 0.322 e. The molecule has 1 aliphatic heterocycles. The van der Waals surface area contributed by atoms with Crippen LogP contribution in [-0.2, 0) is 11.3 Å². The van der Waals surface area contributed by atoms with E-state index in [-0.39, 0.29) is 18.9 Å². The van der Waals surface area contributed by atoms with Gasteiger partial charge < -0.3 is 19.4 Å². The number of amides is 4. The predicted octanol–water partition coefficient (Wildman–Crippen LogP) is 3.16. The Morgan fingerprint density at radius 3 is 2.89 bits per heavy atom. The number of hydrogen-bond donors (Lipinski definition) is 3. The first-order valence-corrected chi connectivity index (χ1v) is 11.4. The van der Waals surface area contributed by atoms with Crippen LogP contribution in [0.4, 0.5) is 4.79 Å². The molecule has 3 N–H and O–H groups in total. The number of hydrogen-bond acceptors (Lipinski definition) is 7. The number of pyridine rings is 1. The van der Waals surface area contributed by atoms with E-state index >= 15 is 0 Å². The highest BCUT2D eigenvalue weighted by molar-refractivity contribution is 5.99. The summed E-state index contributed by atoms with van der Waals surface area (Å²) < 4.78 is 11.4. The molecule has 0 bridgehead atoms. The number of H-pyrrole nitrogens is 1. The summed E-state index contributed by atoms with van der Waals surface area (Å²) in [6.07, 6.45) is 5.16. The molecule has 4 heterocycles. The van der Waals surface area contributed by atoms with Gasteiger partial charge in [0, 0.05) is 48.4 Å². The van der Waals surface area contributed by atoms with Crippen molar-refractivity contribution >= 4 is 28.8 Å². The molecule has 1 aliphatic rings. The minimum Gasteiger partial charge on any atom is -0.497 e. The zero-order chi connectivity index (χ0) is 25.2. The monoisotopic (exact) mass is 488 g/mol. The summed E-state index contributed by atoms with van der Waals surface area (Å²) in [5, 5.41) is 12.6. The Morgan fingerprint density at radius 1 is 1.28 bits per heavy atom. The highest BCUT2D eigenvalue weighted by atomic mass is 16.5. The number of benzene rings is 1. The largest absolute Gasteiger partial charge is 0.497 e. The van der Waals surface area contributed by atoms with Crippen LogP contribution in [0.25, 0.3) is 22.2 Å². The number of fused-ring (bicyclic) bond motifs is 2. The number of urea groups is 1. The number of aromatic nitrogens is 3. The molecule has 11 nitrogen and oxygen atoms in total. The molecule has 184 valence electrons. The van der Waals surface area contributed by atoms with Crippen LogP contribution in [0.3, 0.4) is 0 Å². The summed E-state index contributed by atoms with van der Waals surface area (Å²) in [7, 11) is 1.54. The molecule has 5 rings (SSSR count). The van der Waals surface area contributed by atoms with E-state index in [1.54, 1.807) is 61.8 Å². The fraction of sp³-hybridized carbons (Fsp3) is 0.240. The first kappa shape index (κ1) is 23.1. The average molecular weight is 489 g/mol.